The molecule has 198 valence electrons. The summed E-state index contributed by atoms with van der Waals surface area (Å²) in [6, 6.07) is 12.2. The zero-order valence-corrected chi connectivity index (χ0v) is 21.7. The molecule has 1 N–H and O–H groups in total. The first-order chi connectivity index (χ1) is 18.4. The van der Waals surface area contributed by atoms with Crippen LogP contribution in [-0.2, 0) is 24.7 Å². The van der Waals surface area contributed by atoms with Crippen molar-refractivity contribution in [1.29, 1.82) is 0 Å². The third-order valence-corrected chi connectivity index (χ3v) is 7.47. The number of ether oxygens (including phenoxy) is 2. The summed E-state index contributed by atoms with van der Waals surface area (Å²) in [6.07, 6.45) is 3.58. The second-order valence-corrected chi connectivity index (χ2v) is 9.87. The highest BCUT2D eigenvalue weighted by Crippen LogP contribution is 2.54. The molecule has 0 saturated carbocycles. The van der Waals surface area contributed by atoms with E-state index in [1.54, 1.807) is 41.3 Å². The van der Waals surface area contributed by atoms with Crippen LogP contribution in [0.25, 0.3) is 5.76 Å². The molecule has 38 heavy (non-hydrogen) atoms. The second kappa shape index (κ2) is 10.1. The predicted molar refractivity (Wildman–Crippen MR) is 143 cm³/mol. The Morgan fingerprint density at radius 3 is 2.71 bits per heavy atom. The summed E-state index contributed by atoms with van der Waals surface area (Å²) in [6.45, 7) is 8.81. The van der Waals surface area contributed by atoms with Crippen LogP contribution in [0.4, 0.5) is 5.69 Å². The Hall–Kier alpha value is -3.91. The number of aliphatic hydroxyl groups is 1. The molecule has 3 aliphatic rings. The van der Waals surface area contributed by atoms with E-state index in [0.29, 0.717) is 48.7 Å². The third kappa shape index (κ3) is 3.82. The maximum atomic E-state index is 14.4. The van der Waals surface area contributed by atoms with E-state index in [1.165, 1.54) is 4.90 Å². The van der Waals surface area contributed by atoms with E-state index in [1.807, 2.05) is 26.0 Å². The number of amides is 2. The number of anilines is 1. The van der Waals surface area contributed by atoms with E-state index in [-0.39, 0.29) is 18.2 Å². The maximum absolute atomic E-state index is 14.4. The molecule has 5 rings (SSSR count). The van der Waals surface area contributed by atoms with Crippen LogP contribution in [0.1, 0.15) is 42.9 Å². The molecule has 2 saturated heterocycles. The van der Waals surface area contributed by atoms with Gasteiger partial charge in [0, 0.05) is 30.8 Å². The second-order valence-electron chi connectivity index (χ2n) is 9.87. The van der Waals surface area contributed by atoms with E-state index < -0.39 is 28.9 Å². The van der Waals surface area contributed by atoms with Crippen molar-refractivity contribution in [2.24, 2.45) is 0 Å². The van der Waals surface area contributed by atoms with Crippen molar-refractivity contribution in [3.63, 3.8) is 0 Å². The van der Waals surface area contributed by atoms with Crippen molar-refractivity contribution < 1.29 is 29.0 Å². The highest BCUT2D eigenvalue weighted by Gasteiger charge is 2.67. The fourth-order valence-electron chi connectivity index (χ4n) is 5.81. The molecule has 2 fully saturated rings. The Balaban J connectivity index is 1.73. The molecule has 0 aromatic heterocycles. The molecule has 8 nitrogen and oxygen atoms in total. The number of carbonyl (C=O) groups excluding carboxylic acids is 3. The molecule has 3 aliphatic heterocycles. The van der Waals surface area contributed by atoms with Crippen LogP contribution in [-0.4, -0.2) is 60.0 Å². The number of benzene rings is 2. The molecule has 2 amide bonds. The first-order valence-corrected chi connectivity index (χ1v) is 13.0. The fourth-order valence-corrected chi connectivity index (χ4v) is 5.81. The lowest BCUT2D eigenvalue weighted by Gasteiger charge is -2.35. The highest BCUT2D eigenvalue weighted by molar-refractivity contribution is 6.50. The van der Waals surface area contributed by atoms with Gasteiger partial charge in [-0.05, 0) is 56.0 Å². The molecule has 1 spiro atoms. The number of Topliss-reactive ketones (excluding diaryl/α,β-unsaturated/α-hetero) is 1. The van der Waals surface area contributed by atoms with Gasteiger partial charge in [-0.2, -0.15) is 0 Å². The zero-order chi connectivity index (χ0) is 27.0. The summed E-state index contributed by atoms with van der Waals surface area (Å²) in [7, 11) is 0. The van der Waals surface area contributed by atoms with Crippen LogP contribution in [0, 0.1) is 6.92 Å². The number of carbonyl (C=O) groups is 3. The van der Waals surface area contributed by atoms with Crippen LogP contribution in [0.5, 0.6) is 5.75 Å². The third-order valence-electron chi connectivity index (χ3n) is 7.47. The minimum absolute atomic E-state index is 0.0781. The van der Waals surface area contributed by atoms with Crippen molar-refractivity contribution in [3.05, 3.63) is 77.4 Å². The molecule has 2 atom stereocenters. The van der Waals surface area contributed by atoms with Crippen molar-refractivity contribution in [3.8, 4) is 5.75 Å². The zero-order valence-electron chi connectivity index (χ0n) is 21.7. The molecule has 3 heterocycles. The number of rotatable bonds is 8. The van der Waals surface area contributed by atoms with E-state index in [2.05, 4.69) is 6.58 Å². The molecule has 0 bridgehead atoms. The van der Waals surface area contributed by atoms with E-state index in [9.17, 15) is 19.5 Å². The average molecular weight is 517 g/mol. The van der Waals surface area contributed by atoms with Gasteiger partial charge >= 0.3 is 0 Å². The van der Waals surface area contributed by atoms with Crippen molar-refractivity contribution >= 4 is 29.0 Å². The lowest BCUT2D eigenvalue weighted by molar-refractivity contribution is -0.145. The Kier molecular flexibility index (Phi) is 6.84. The number of nitrogens with zero attached hydrogens (tertiary/aromatic N) is 2. The quantitative estimate of drug-likeness (QED) is 0.246. The first kappa shape index (κ1) is 25.7. The van der Waals surface area contributed by atoms with Gasteiger partial charge in [-0.25, -0.2) is 0 Å². The summed E-state index contributed by atoms with van der Waals surface area (Å²) in [5, 5.41) is 11.7. The predicted octanol–water partition coefficient (Wildman–Crippen LogP) is 4.07. The first-order valence-electron chi connectivity index (χ1n) is 13.0. The van der Waals surface area contributed by atoms with Crippen LogP contribution < -0.4 is 9.64 Å². The van der Waals surface area contributed by atoms with Gasteiger partial charge in [0.25, 0.3) is 17.6 Å². The largest absolute Gasteiger partial charge is 0.507 e. The number of aliphatic hydroxyl groups excluding tert-OH is 1. The molecule has 2 unspecified atom stereocenters. The molecule has 0 aliphatic carbocycles. The molecular weight excluding hydrogens is 484 g/mol. The maximum Gasteiger partial charge on any atom is 0.296 e. The normalized spacial score (nSPS) is 23.9. The average Bonchev–Trinajstić information content (AvgIpc) is 3.58. The SMILES string of the molecule is C=CCOc1ccc(/C(O)=C2\C(=O)C(=O)N(CC3CCCO3)C23C(=O)N(CCC)c2ccccc23)cc1C. The molecular formula is C30H32N2O6. The summed E-state index contributed by atoms with van der Waals surface area (Å²) < 4.78 is 11.5. The van der Waals surface area contributed by atoms with Gasteiger partial charge in [-0.3, -0.25) is 14.4 Å². The Morgan fingerprint density at radius 1 is 1.24 bits per heavy atom. The van der Waals surface area contributed by atoms with Gasteiger partial charge in [0.2, 0.25) is 0 Å². The van der Waals surface area contributed by atoms with E-state index in [0.717, 1.165) is 18.4 Å². The standard InChI is InChI=1S/C30H32N2O6/c1-4-14-31-23-11-7-6-10-22(23)30(29(31)36)25(27(34)28(35)32(30)18-21-9-8-16-37-21)26(33)20-12-13-24(19(3)17-20)38-15-5-2/h5-7,10-13,17,21,33H,2,4,8-9,14-16,18H2,1,3H3/b26-25-. The number of likely N-dealkylation sites (tertiary alicyclic amines) is 1. The number of para-hydroxylation sites is 1. The van der Waals surface area contributed by atoms with E-state index >= 15 is 0 Å². The van der Waals surface area contributed by atoms with Crippen LogP contribution in [0.15, 0.2) is 60.7 Å². The summed E-state index contributed by atoms with van der Waals surface area (Å²) in [5.74, 6) is -1.90. The minimum Gasteiger partial charge on any atom is -0.507 e. The molecule has 2 aromatic rings. The fraction of sp³-hybridized carbons (Fsp3) is 0.367. The lowest BCUT2D eigenvalue weighted by Crippen LogP contribution is -2.53. The Labute approximate surface area is 222 Å². The summed E-state index contributed by atoms with van der Waals surface area (Å²) in [5.41, 5.74) is 0.206. The number of aryl methyl sites for hydroxylation is 1. The van der Waals surface area contributed by atoms with Crippen molar-refractivity contribution in [2.45, 2.75) is 44.8 Å². The Morgan fingerprint density at radius 2 is 2.03 bits per heavy atom. The summed E-state index contributed by atoms with van der Waals surface area (Å²) in [4.78, 5) is 44.7. The lowest BCUT2D eigenvalue weighted by atomic mass is 9.81. The summed E-state index contributed by atoms with van der Waals surface area (Å²) >= 11 is 0. The van der Waals surface area contributed by atoms with Crippen LogP contribution in [0.3, 0.4) is 0 Å². The topological polar surface area (TPSA) is 96.4 Å². The van der Waals surface area contributed by atoms with Gasteiger partial charge in [-0.15, -0.1) is 0 Å². The molecule has 2 aromatic carbocycles. The van der Waals surface area contributed by atoms with Crippen LogP contribution in [0.2, 0.25) is 0 Å². The number of ketones is 1. The van der Waals surface area contributed by atoms with Crippen molar-refractivity contribution in [1.82, 2.24) is 4.90 Å². The van der Waals surface area contributed by atoms with Crippen molar-refractivity contribution in [2.75, 3.05) is 31.2 Å². The number of fused-ring (bicyclic) bond motifs is 2. The minimum atomic E-state index is -1.78. The molecule has 0 radical (unpaired) electrons. The van der Waals surface area contributed by atoms with Gasteiger partial charge in [-0.1, -0.05) is 37.8 Å². The van der Waals surface area contributed by atoms with Gasteiger partial charge in [0.05, 0.1) is 17.4 Å². The number of hydrogen-bond donors (Lipinski definition) is 1. The highest BCUT2D eigenvalue weighted by atomic mass is 16.5. The van der Waals surface area contributed by atoms with Gasteiger partial charge in [0.15, 0.2) is 5.54 Å². The monoisotopic (exact) mass is 516 g/mol. The smallest absolute Gasteiger partial charge is 0.296 e. The Bertz CT molecular complexity index is 1340. The van der Waals surface area contributed by atoms with E-state index in [4.69, 9.17) is 9.47 Å². The number of hydrogen-bond acceptors (Lipinski definition) is 6. The van der Waals surface area contributed by atoms with Crippen LogP contribution >= 0.6 is 0 Å². The van der Waals surface area contributed by atoms with Gasteiger partial charge in [0.1, 0.15) is 18.1 Å². The van der Waals surface area contributed by atoms with Gasteiger partial charge < -0.3 is 24.4 Å². The molecule has 8 heteroatoms.